The summed E-state index contributed by atoms with van der Waals surface area (Å²) in [6, 6.07) is 16.1. The summed E-state index contributed by atoms with van der Waals surface area (Å²) >= 11 is 3.41. The van der Waals surface area contributed by atoms with E-state index in [1.165, 1.54) is 4.68 Å². The summed E-state index contributed by atoms with van der Waals surface area (Å²) < 4.78 is 8.72. The average molecular weight is 471 g/mol. The first-order valence-electron chi connectivity index (χ1n) is 9.48. The Bertz CT molecular complexity index is 1130. The lowest BCUT2D eigenvalue weighted by atomic mass is 9.71. The Morgan fingerprint density at radius 2 is 1.83 bits per heavy atom. The van der Waals surface area contributed by atoms with E-state index in [0.717, 1.165) is 4.47 Å². The van der Waals surface area contributed by atoms with Gasteiger partial charge in [-0.3, -0.25) is 9.48 Å². The first-order chi connectivity index (χ1) is 14.3. The Kier molecular flexibility index (Phi) is 4.12. The molecule has 1 aliphatic heterocycles. The van der Waals surface area contributed by atoms with Crippen molar-refractivity contribution in [3.05, 3.63) is 82.1 Å². The molecule has 2 aromatic carbocycles. The molecule has 3 aromatic rings. The number of aryl methyl sites for hydroxylation is 1. The van der Waals surface area contributed by atoms with Gasteiger partial charge in [0.25, 0.3) is 0 Å². The Balaban J connectivity index is 1.86. The monoisotopic (exact) mass is 470 g/mol. The van der Waals surface area contributed by atoms with Gasteiger partial charge < -0.3 is 20.1 Å². The maximum atomic E-state index is 12.4. The van der Waals surface area contributed by atoms with Gasteiger partial charge >= 0.3 is 5.97 Å². The zero-order valence-electron chi connectivity index (χ0n) is 15.9. The number of carboxylic acids is 1. The van der Waals surface area contributed by atoms with Crippen molar-refractivity contribution in [1.82, 2.24) is 9.78 Å². The van der Waals surface area contributed by atoms with Gasteiger partial charge in [0, 0.05) is 17.4 Å². The lowest BCUT2D eigenvalue weighted by molar-refractivity contribution is -0.161. The second-order valence-corrected chi connectivity index (χ2v) is 8.74. The number of aliphatic hydroxyl groups excluding tert-OH is 1. The smallest absolute Gasteiger partial charge is 0.310 e. The summed E-state index contributed by atoms with van der Waals surface area (Å²) in [6.45, 7) is 0. The number of aliphatic carboxylic acids is 1. The molecule has 1 saturated carbocycles. The normalized spacial score (nSPS) is 31.8. The molecule has 0 bridgehead atoms. The average Bonchev–Trinajstić information content (AvgIpc) is 3.27. The third kappa shape index (κ3) is 2.26. The van der Waals surface area contributed by atoms with Crippen LogP contribution in [0.3, 0.4) is 0 Å². The lowest BCUT2D eigenvalue weighted by Gasteiger charge is -2.40. The van der Waals surface area contributed by atoms with E-state index >= 15 is 0 Å². The number of hydrogen-bond acceptors (Lipinski definition) is 5. The molecule has 1 aromatic heterocycles. The highest BCUT2D eigenvalue weighted by Crippen LogP contribution is 2.68. The minimum Gasteiger partial charge on any atom is -0.481 e. The number of ether oxygens (including phenoxy) is 1. The van der Waals surface area contributed by atoms with Crippen LogP contribution in [0.1, 0.15) is 22.7 Å². The number of aliphatic hydroxyl groups is 2. The van der Waals surface area contributed by atoms with Crippen LogP contribution in [0.15, 0.2) is 65.3 Å². The van der Waals surface area contributed by atoms with E-state index in [1.807, 2.05) is 6.07 Å². The Labute approximate surface area is 180 Å². The second-order valence-electron chi connectivity index (χ2n) is 7.82. The maximum absolute atomic E-state index is 12.4. The molecule has 5 atom stereocenters. The van der Waals surface area contributed by atoms with Crippen LogP contribution in [-0.2, 0) is 23.0 Å². The van der Waals surface area contributed by atoms with E-state index < -0.39 is 35.1 Å². The van der Waals surface area contributed by atoms with Gasteiger partial charge in [0.2, 0.25) is 0 Å². The number of fused-ring (bicyclic) bond motifs is 3. The molecular weight excluding hydrogens is 452 g/mol. The quantitative estimate of drug-likeness (QED) is 0.543. The van der Waals surface area contributed by atoms with Crippen molar-refractivity contribution in [2.45, 2.75) is 23.2 Å². The SMILES string of the molecule is Cn1cc2c(n1)[C@]1(O)[C@H](O)[C@H](C(=O)O)[C@@H](c3ccccc3)[C@]1(c1ccc(Br)cc1)O2. The van der Waals surface area contributed by atoms with Crippen LogP contribution in [0, 0.1) is 5.92 Å². The molecule has 154 valence electrons. The number of rotatable bonds is 3. The summed E-state index contributed by atoms with van der Waals surface area (Å²) in [6.07, 6.45) is -0.0171. The number of benzene rings is 2. The molecule has 1 fully saturated rings. The molecule has 3 N–H and O–H groups in total. The van der Waals surface area contributed by atoms with Gasteiger partial charge in [-0.2, -0.15) is 5.10 Å². The second kappa shape index (κ2) is 6.41. The van der Waals surface area contributed by atoms with Gasteiger partial charge in [0.05, 0.1) is 12.1 Å². The highest BCUT2D eigenvalue weighted by atomic mass is 79.9. The molecule has 2 heterocycles. The molecule has 7 nitrogen and oxygen atoms in total. The molecule has 1 aliphatic carbocycles. The van der Waals surface area contributed by atoms with E-state index in [9.17, 15) is 20.1 Å². The zero-order valence-corrected chi connectivity index (χ0v) is 17.5. The number of aromatic nitrogens is 2. The Hall–Kier alpha value is -2.68. The fourth-order valence-electron chi connectivity index (χ4n) is 5.12. The van der Waals surface area contributed by atoms with Crippen molar-refractivity contribution < 1.29 is 24.9 Å². The van der Waals surface area contributed by atoms with Crippen LogP contribution in [-0.4, -0.2) is 37.2 Å². The van der Waals surface area contributed by atoms with Crippen LogP contribution in [0.4, 0.5) is 0 Å². The highest BCUT2D eigenvalue weighted by molar-refractivity contribution is 9.10. The molecule has 0 spiro atoms. The first kappa shape index (κ1) is 19.3. The van der Waals surface area contributed by atoms with Crippen molar-refractivity contribution in [3.63, 3.8) is 0 Å². The summed E-state index contributed by atoms with van der Waals surface area (Å²) in [5.41, 5.74) is -2.27. The van der Waals surface area contributed by atoms with Crippen LogP contribution >= 0.6 is 15.9 Å². The molecule has 0 unspecified atom stereocenters. The summed E-state index contributed by atoms with van der Waals surface area (Å²) in [4.78, 5) is 12.4. The lowest BCUT2D eigenvalue weighted by Crippen LogP contribution is -2.52. The molecule has 0 radical (unpaired) electrons. The zero-order chi connectivity index (χ0) is 21.3. The number of halogens is 1. The molecule has 0 amide bonds. The van der Waals surface area contributed by atoms with Crippen molar-refractivity contribution in [3.8, 4) is 5.75 Å². The first-order valence-corrected chi connectivity index (χ1v) is 10.3. The molecule has 30 heavy (non-hydrogen) atoms. The molecule has 5 rings (SSSR count). The number of nitrogens with zero attached hydrogens (tertiary/aromatic N) is 2. The minimum absolute atomic E-state index is 0.144. The van der Waals surface area contributed by atoms with E-state index in [1.54, 1.807) is 61.8 Å². The van der Waals surface area contributed by atoms with Crippen molar-refractivity contribution in [2.75, 3.05) is 0 Å². The predicted octanol–water partition coefficient (Wildman–Crippen LogP) is 2.52. The number of hydrogen-bond donors (Lipinski definition) is 3. The van der Waals surface area contributed by atoms with Crippen molar-refractivity contribution >= 4 is 21.9 Å². The highest BCUT2D eigenvalue weighted by Gasteiger charge is 2.78. The van der Waals surface area contributed by atoms with Crippen LogP contribution in [0.2, 0.25) is 0 Å². The fourth-order valence-corrected chi connectivity index (χ4v) is 5.39. The maximum Gasteiger partial charge on any atom is 0.310 e. The standard InChI is InChI=1S/C22H19BrN2O5/c1-25-11-15-18(24-25)21(29)19(26)16(20(27)28)17(12-5-3-2-4-6-12)22(21,30-15)13-7-9-14(23)10-8-13/h2-11,16-17,19,26,29H,1H3,(H,27,28)/t16-,17-,19-,21+,22+/m1/s1. The molecule has 8 heteroatoms. The fraction of sp³-hybridized carbons (Fsp3) is 0.273. The van der Waals surface area contributed by atoms with E-state index in [0.29, 0.717) is 16.9 Å². The van der Waals surface area contributed by atoms with Gasteiger partial charge in [0.1, 0.15) is 11.8 Å². The summed E-state index contributed by atoms with van der Waals surface area (Å²) in [5.74, 6) is -3.06. The van der Waals surface area contributed by atoms with Crippen LogP contribution in [0.5, 0.6) is 5.75 Å². The molecule has 0 saturated heterocycles. The van der Waals surface area contributed by atoms with Gasteiger partial charge in [-0.25, -0.2) is 0 Å². The third-order valence-electron chi connectivity index (χ3n) is 6.28. The van der Waals surface area contributed by atoms with E-state index in [-0.39, 0.29) is 5.69 Å². The summed E-state index contributed by atoms with van der Waals surface area (Å²) in [5, 5.41) is 37.8. The number of carbonyl (C=O) groups is 1. The Morgan fingerprint density at radius 3 is 2.47 bits per heavy atom. The van der Waals surface area contributed by atoms with Crippen molar-refractivity contribution in [1.29, 1.82) is 0 Å². The topological polar surface area (TPSA) is 105 Å². The Morgan fingerprint density at radius 1 is 1.17 bits per heavy atom. The third-order valence-corrected chi connectivity index (χ3v) is 6.80. The van der Waals surface area contributed by atoms with E-state index in [4.69, 9.17) is 4.74 Å². The predicted molar refractivity (Wildman–Crippen MR) is 110 cm³/mol. The van der Waals surface area contributed by atoms with Gasteiger partial charge in [-0.1, -0.05) is 58.4 Å². The summed E-state index contributed by atoms with van der Waals surface area (Å²) in [7, 11) is 1.68. The number of carboxylic acid groups (broad SMARTS) is 1. The molecule has 2 aliphatic rings. The molecular formula is C22H19BrN2O5. The van der Waals surface area contributed by atoms with Crippen LogP contribution < -0.4 is 4.74 Å². The van der Waals surface area contributed by atoms with E-state index in [2.05, 4.69) is 21.0 Å². The van der Waals surface area contributed by atoms with Gasteiger partial charge in [0.15, 0.2) is 17.0 Å². The largest absolute Gasteiger partial charge is 0.481 e. The minimum atomic E-state index is -2.05. The van der Waals surface area contributed by atoms with Crippen LogP contribution in [0.25, 0.3) is 0 Å². The van der Waals surface area contributed by atoms with Gasteiger partial charge in [-0.05, 0) is 23.3 Å². The van der Waals surface area contributed by atoms with Gasteiger partial charge in [-0.15, -0.1) is 0 Å². The van der Waals surface area contributed by atoms with Crippen molar-refractivity contribution in [2.24, 2.45) is 13.0 Å².